The van der Waals surface area contributed by atoms with E-state index < -0.39 is 0 Å². The second-order valence-corrected chi connectivity index (χ2v) is 5.32. The fraction of sp³-hybridized carbons (Fsp3) is 0.308. The molecule has 18 heavy (non-hydrogen) atoms. The van der Waals surface area contributed by atoms with E-state index in [0.29, 0.717) is 5.92 Å². The molecule has 4 nitrogen and oxygen atoms in total. The molecule has 0 aliphatic heterocycles. The van der Waals surface area contributed by atoms with Crippen LogP contribution in [0.25, 0.3) is 11.4 Å². The molecule has 0 amide bonds. The van der Waals surface area contributed by atoms with Crippen molar-refractivity contribution in [2.75, 3.05) is 12.4 Å². The van der Waals surface area contributed by atoms with Crippen LogP contribution in [0, 0.1) is 3.57 Å². The molecule has 2 aromatic rings. The largest absolute Gasteiger partial charge is 0.372 e. The molecule has 1 N–H and O–H groups in total. The Morgan fingerprint density at radius 2 is 2.06 bits per heavy atom. The van der Waals surface area contributed by atoms with E-state index in [1.54, 1.807) is 12.4 Å². The van der Waals surface area contributed by atoms with Gasteiger partial charge in [0.05, 0.1) is 9.26 Å². The van der Waals surface area contributed by atoms with E-state index >= 15 is 0 Å². The zero-order chi connectivity index (χ0) is 13.1. The highest BCUT2D eigenvalue weighted by Gasteiger charge is 2.14. The average Bonchev–Trinajstić information content (AvgIpc) is 2.39. The standard InChI is InChI=1S/C13H15IN4/c1-8(2)11-10(14)13(15-3)18-12(17-11)9-5-4-6-16-7-9/h4-8H,1-3H3,(H,15,17,18). The molecule has 2 aromatic heterocycles. The molecule has 0 saturated heterocycles. The lowest BCUT2D eigenvalue weighted by Gasteiger charge is -2.13. The Morgan fingerprint density at radius 1 is 1.28 bits per heavy atom. The molecular formula is C13H15IN4. The summed E-state index contributed by atoms with van der Waals surface area (Å²) in [5.74, 6) is 1.95. The molecule has 2 heterocycles. The summed E-state index contributed by atoms with van der Waals surface area (Å²) in [6.45, 7) is 4.27. The van der Waals surface area contributed by atoms with Gasteiger partial charge >= 0.3 is 0 Å². The van der Waals surface area contributed by atoms with Crippen LogP contribution in [-0.4, -0.2) is 22.0 Å². The summed E-state index contributed by atoms with van der Waals surface area (Å²) < 4.78 is 1.08. The first kappa shape index (κ1) is 13.2. The Labute approximate surface area is 120 Å². The Balaban J connectivity index is 2.59. The first-order chi connectivity index (χ1) is 8.63. The van der Waals surface area contributed by atoms with Gasteiger partial charge in [0.2, 0.25) is 0 Å². The quantitative estimate of drug-likeness (QED) is 0.860. The summed E-state index contributed by atoms with van der Waals surface area (Å²) in [5.41, 5.74) is 2.00. The summed E-state index contributed by atoms with van der Waals surface area (Å²) in [7, 11) is 1.88. The lowest BCUT2D eigenvalue weighted by Crippen LogP contribution is -2.06. The molecule has 0 spiro atoms. The van der Waals surface area contributed by atoms with Crippen LogP contribution in [0.15, 0.2) is 24.5 Å². The molecule has 0 aliphatic rings. The zero-order valence-corrected chi connectivity index (χ0v) is 12.8. The van der Waals surface area contributed by atoms with Crippen LogP contribution in [-0.2, 0) is 0 Å². The van der Waals surface area contributed by atoms with Crippen LogP contribution in [0.5, 0.6) is 0 Å². The lowest BCUT2D eigenvalue weighted by atomic mass is 10.1. The third kappa shape index (κ3) is 2.60. The van der Waals surface area contributed by atoms with E-state index in [1.165, 1.54) is 0 Å². The summed E-state index contributed by atoms with van der Waals surface area (Å²) in [6.07, 6.45) is 3.53. The van der Waals surface area contributed by atoms with Gasteiger partial charge in [-0.25, -0.2) is 9.97 Å². The topological polar surface area (TPSA) is 50.7 Å². The van der Waals surface area contributed by atoms with Gasteiger partial charge in [-0.3, -0.25) is 4.98 Å². The average molecular weight is 354 g/mol. The predicted octanol–water partition coefficient (Wildman–Crippen LogP) is 3.31. The fourth-order valence-electron chi connectivity index (χ4n) is 1.64. The summed E-state index contributed by atoms with van der Waals surface area (Å²) in [4.78, 5) is 13.3. The molecule has 0 fully saturated rings. The van der Waals surface area contributed by atoms with Crippen molar-refractivity contribution >= 4 is 28.4 Å². The number of anilines is 1. The number of hydrogen-bond acceptors (Lipinski definition) is 4. The summed E-state index contributed by atoms with van der Waals surface area (Å²) in [5, 5.41) is 3.12. The van der Waals surface area contributed by atoms with Crippen molar-refractivity contribution in [3.05, 3.63) is 33.8 Å². The Kier molecular flexibility index (Phi) is 4.11. The number of nitrogens with one attached hydrogen (secondary N) is 1. The maximum absolute atomic E-state index is 4.65. The second-order valence-electron chi connectivity index (χ2n) is 4.24. The fourth-order valence-corrected chi connectivity index (χ4v) is 2.77. The molecule has 0 radical (unpaired) electrons. The second kappa shape index (κ2) is 5.60. The molecule has 0 aromatic carbocycles. The molecule has 94 valence electrons. The van der Waals surface area contributed by atoms with Gasteiger partial charge in [-0.15, -0.1) is 0 Å². The van der Waals surface area contributed by atoms with Gasteiger partial charge in [0.25, 0.3) is 0 Å². The normalized spacial score (nSPS) is 10.7. The minimum atomic E-state index is 0.363. The van der Waals surface area contributed by atoms with E-state index in [4.69, 9.17) is 0 Å². The molecular weight excluding hydrogens is 339 g/mol. The SMILES string of the molecule is CNc1nc(-c2cccnc2)nc(C(C)C)c1I. The molecule has 0 saturated carbocycles. The van der Waals surface area contributed by atoms with Gasteiger partial charge < -0.3 is 5.32 Å². The molecule has 5 heteroatoms. The highest BCUT2D eigenvalue weighted by molar-refractivity contribution is 14.1. The van der Waals surface area contributed by atoms with Crippen molar-refractivity contribution in [1.82, 2.24) is 15.0 Å². The van der Waals surface area contributed by atoms with Gasteiger partial charge in [0, 0.05) is 25.0 Å². The van der Waals surface area contributed by atoms with Crippen LogP contribution in [0.2, 0.25) is 0 Å². The third-order valence-electron chi connectivity index (χ3n) is 2.58. The van der Waals surface area contributed by atoms with Gasteiger partial charge in [0.15, 0.2) is 5.82 Å². The van der Waals surface area contributed by atoms with E-state index in [2.05, 4.69) is 56.7 Å². The van der Waals surface area contributed by atoms with E-state index in [0.717, 1.165) is 26.5 Å². The van der Waals surface area contributed by atoms with Crippen LogP contribution in [0.1, 0.15) is 25.5 Å². The van der Waals surface area contributed by atoms with Gasteiger partial charge in [-0.1, -0.05) is 13.8 Å². The number of hydrogen-bond donors (Lipinski definition) is 1. The minimum Gasteiger partial charge on any atom is -0.372 e. The van der Waals surface area contributed by atoms with Crippen molar-refractivity contribution in [2.24, 2.45) is 0 Å². The first-order valence-corrected chi connectivity index (χ1v) is 6.87. The number of nitrogens with zero attached hydrogens (tertiary/aromatic N) is 3. The smallest absolute Gasteiger partial charge is 0.163 e. The van der Waals surface area contributed by atoms with Crippen molar-refractivity contribution < 1.29 is 0 Å². The number of aromatic nitrogens is 3. The predicted molar refractivity (Wildman–Crippen MR) is 81.6 cm³/mol. The minimum absolute atomic E-state index is 0.363. The number of pyridine rings is 1. The number of rotatable bonds is 3. The van der Waals surface area contributed by atoms with Gasteiger partial charge in [-0.05, 0) is 40.6 Å². The lowest BCUT2D eigenvalue weighted by molar-refractivity contribution is 0.809. The number of halogens is 1. The maximum atomic E-state index is 4.65. The highest BCUT2D eigenvalue weighted by atomic mass is 127. The van der Waals surface area contributed by atoms with Crippen LogP contribution < -0.4 is 5.32 Å². The van der Waals surface area contributed by atoms with Crippen LogP contribution in [0.4, 0.5) is 5.82 Å². The Bertz CT molecular complexity index is 540. The summed E-state index contributed by atoms with van der Waals surface area (Å²) >= 11 is 2.29. The first-order valence-electron chi connectivity index (χ1n) is 5.79. The van der Waals surface area contributed by atoms with Crippen molar-refractivity contribution in [2.45, 2.75) is 19.8 Å². The highest BCUT2D eigenvalue weighted by Crippen LogP contribution is 2.27. The maximum Gasteiger partial charge on any atom is 0.163 e. The van der Waals surface area contributed by atoms with Crippen LogP contribution >= 0.6 is 22.6 Å². The Hall–Kier alpha value is -1.24. The van der Waals surface area contributed by atoms with Gasteiger partial charge in [-0.2, -0.15) is 0 Å². The third-order valence-corrected chi connectivity index (χ3v) is 3.64. The van der Waals surface area contributed by atoms with E-state index in [9.17, 15) is 0 Å². The molecule has 0 bridgehead atoms. The van der Waals surface area contributed by atoms with Crippen molar-refractivity contribution in [3.63, 3.8) is 0 Å². The Morgan fingerprint density at radius 3 is 2.61 bits per heavy atom. The van der Waals surface area contributed by atoms with Crippen LogP contribution in [0.3, 0.4) is 0 Å². The molecule has 0 atom stereocenters. The summed E-state index contributed by atoms with van der Waals surface area (Å²) in [6, 6.07) is 3.86. The van der Waals surface area contributed by atoms with E-state index in [-0.39, 0.29) is 0 Å². The molecule has 2 rings (SSSR count). The molecule has 0 unspecified atom stereocenters. The van der Waals surface area contributed by atoms with Crippen molar-refractivity contribution in [1.29, 1.82) is 0 Å². The molecule has 0 aliphatic carbocycles. The monoisotopic (exact) mass is 354 g/mol. The zero-order valence-electron chi connectivity index (χ0n) is 10.6. The van der Waals surface area contributed by atoms with E-state index in [1.807, 2.05) is 19.2 Å². The van der Waals surface area contributed by atoms with Gasteiger partial charge in [0.1, 0.15) is 5.82 Å². The van der Waals surface area contributed by atoms with Crippen molar-refractivity contribution in [3.8, 4) is 11.4 Å².